The minimum atomic E-state index is -5.72. The third kappa shape index (κ3) is 1.40. The first-order valence-corrected chi connectivity index (χ1v) is 3.34. The highest BCUT2D eigenvalue weighted by atomic mass is 19.4. The maximum Gasteiger partial charge on any atom is 0.461 e. The summed E-state index contributed by atoms with van der Waals surface area (Å²) in [5.41, 5.74) is 4.47. The summed E-state index contributed by atoms with van der Waals surface area (Å²) < 4.78 is 64.6. The van der Waals surface area contributed by atoms with Crippen LogP contribution in [-0.4, -0.2) is 11.3 Å². The van der Waals surface area contributed by atoms with Gasteiger partial charge in [-0.15, -0.1) is 0 Å². The van der Waals surface area contributed by atoms with Crippen LogP contribution in [-0.2, 0) is 5.92 Å². The number of nitrogen functional groups attached to an aromatic ring is 1. The van der Waals surface area contributed by atoms with E-state index in [2.05, 4.69) is 9.68 Å². The first-order valence-electron chi connectivity index (χ1n) is 3.34. The molecule has 1 aromatic heterocycles. The SMILES string of the molecule is Cc1c(N)noc1C(F)(F)C(F)(F)F. The van der Waals surface area contributed by atoms with E-state index in [-0.39, 0.29) is 0 Å². The molecule has 0 atom stereocenters. The Morgan fingerprint density at radius 1 is 1.21 bits per heavy atom. The monoisotopic (exact) mass is 216 g/mol. The second kappa shape index (κ2) is 2.82. The number of aromatic nitrogens is 1. The largest absolute Gasteiger partial charge is 0.461 e. The fourth-order valence-corrected chi connectivity index (χ4v) is 0.770. The van der Waals surface area contributed by atoms with Crippen LogP contribution in [0.25, 0.3) is 0 Å². The molecule has 0 fully saturated rings. The van der Waals surface area contributed by atoms with Crippen molar-refractivity contribution in [1.29, 1.82) is 0 Å². The molecule has 0 radical (unpaired) electrons. The van der Waals surface area contributed by atoms with Gasteiger partial charge in [0, 0.05) is 5.56 Å². The molecular weight excluding hydrogens is 211 g/mol. The van der Waals surface area contributed by atoms with Crippen molar-refractivity contribution in [2.75, 3.05) is 5.73 Å². The Hall–Kier alpha value is -1.34. The number of rotatable bonds is 1. The molecule has 0 spiro atoms. The molecule has 0 saturated heterocycles. The summed E-state index contributed by atoms with van der Waals surface area (Å²) in [6.07, 6.45) is -5.72. The van der Waals surface area contributed by atoms with Crippen molar-refractivity contribution in [1.82, 2.24) is 5.16 Å². The quantitative estimate of drug-likeness (QED) is 0.732. The minimum Gasteiger partial charge on any atom is -0.381 e. The summed E-state index contributed by atoms with van der Waals surface area (Å²) in [5, 5.41) is 2.82. The molecule has 0 aliphatic heterocycles. The van der Waals surface area contributed by atoms with E-state index < -0.39 is 29.2 Å². The molecule has 2 N–H and O–H groups in total. The number of alkyl halides is 5. The highest BCUT2D eigenvalue weighted by molar-refractivity contribution is 5.40. The van der Waals surface area contributed by atoms with E-state index in [9.17, 15) is 22.0 Å². The molecule has 0 saturated carbocycles. The molecule has 1 heterocycles. The first-order chi connectivity index (χ1) is 6.18. The van der Waals surface area contributed by atoms with E-state index in [1.807, 2.05) is 0 Å². The van der Waals surface area contributed by atoms with Gasteiger partial charge in [-0.3, -0.25) is 0 Å². The van der Waals surface area contributed by atoms with Crippen LogP contribution >= 0.6 is 0 Å². The second-order valence-electron chi connectivity index (χ2n) is 2.59. The van der Waals surface area contributed by atoms with Crippen LogP contribution in [0.5, 0.6) is 0 Å². The molecule has 0 aliphatic rings. The Bertz CT molecular complexity index is 342. The molecule has 1 rings (SSSR count). The molecule has 1 aromatic rings. The maximum absolute atomic E-state index is 12.6. The van der Waals surface area contributed by atoms with Gasteiger partial charge in [-0.2, -0.15) is 22.0 Å². The van der Waals surface area contributed by atoms with Crippen molar-refractivity contribution >= 4 is 5.82 Å². The summed E-state index contributed by atoms with van der Waals surface area (Å²) in [5.74, 6) is -7.12. The van der Waals surface area contributed by atoms with Gasteiger partial charge in [0.05, 0.1) is 0 Å². The van der Waals surface area contributed by atoms with Gasteiger partial charge in [0.25, 0.3) is 0 Å². The normalized spacial score (nSPS) is 13.3. The Balaban J connectivity index is 3.23. The van der Waals surface area contributed by atoms with Crippen molar-refractivity contribution in [3.63, 3.8) is 0 Å². The highest BCUT2D eigenvalue weighted by Gasteiger charge is 2.62. The minimum absolute atomic E-state index is 0.482. The molecule has 0 unspecified atom stereocenters. The summed E-state index contributed by atoms with van der Waals surface area (Å²) in [6.45, 7) is 0.973. The standard InChI is InChI=1S/C6H5F5N2O/c1-2-3(14-13-4(2)12)5(7,8)6(9,10)11/h1H3,(H2,12,13). The Morgan fingerprint density at radius 3 is 2.00 bits per heavy atom. The highest BCUT2D eigenvalue weighted by Crippen LogP contribution is 2.45. The van der Waals surface area contributed by atoms with E-state index in [4.69, 9.17) is 5.73 Å². The average molecular weight is 216 g/mol. The maximum atomic E-state index is 12.6. The third-order valence-electron chi connectivity index (χ3n) is 1.60. The lowest BCUT2D eigenvalue weighted by atomic mass is 10.1. The zero-order valence-corrected chi connectivity index (χ0v) is 6.82. The second-order valence-corrected chi connectivity index (χ2v) is 2.59. The van der Waals surface area contributed by atoms with Gasteiger partial charge in [-0.05, 0) is 6.92 Å². The Morgan fingerprint density at radius 2 is 1.71 bits per heavy atom. The van der Waals surface area contributed by atoms with Crippen molar-refractivity contribution in [3.8, 4) is 0 Å². The van der Waals surface area contributed by atoms with Gasteiger partial charge in [-0.25, -0.2) is 0 Å². The van der Waals surface area contributed by atoms with Gasteiger partial charge in [0.2, 0.25) is 5.76 Å². The molecule has 0 aromatic carbocycles. The van der Waals surface area contributed by atoms with Gasteiger partial charge in [0.15, 0.2) is 5.82 Å². The Labute approximate surface area is 74.7 Å². The van der Waals surface area contributed by atoms with E-state index in [0.29, 0.717) is 0 Å². The van der Waals surface area contributed by atoms with E-state index >= 15 is 0 Å². The van der Waals surface area contributed by atoms with Crippen LogP contribution in [0.1, 0.15) is 11.3 Å². The van der Waals surface area contributed by atoms with Crippen molar-refractivity contribution in [2.24, 2.45) is 0 Å². The smallest absolute Gasteiger partial charge is 0.381 e. The zero-order chi connectivity index (χ0) is 11.1. The van der Waals surface area contributed by atoms with Crippen LogP contribution in [0.3, 0.4) is 0 Å². The number of nitrogens with zero attached hydrogens (tertiary/aromatic N) is 1. The fourth-order valence-electron chi connectivity index (χ4n) is 0.770. The van der Waals surface area contributed by atoms with Gasteiger partial charge in [0.1, 0.15) is 0 Å². The summed E-state index contributed by atoms with van der Waals surface area (Å²) in [7, 11) is 0. The first kappa shape index (κ1) is 10.7. The van der Waals surface area contributed by atoms with E-state index in [1.54, 1.807) is 0 Å². The third-order valence-corrected chi connectivity index (χ3v) is 1.60. The molecular formula is C6H5F5N2O. The number of anilines is 1. The van der Waals surface area contributed by atoms with Crippen LogP contribution in [0.2, 0.25) is 0 Å². The number of nitrogens with two attached hydrogens (primary N) is 1. The van der Waals surface area contributed by atoms with Crippen molar-refractivity contribution < 1.29 is 26.5 Å². The lowest BCUT2D eigenvalue weighted by Gasteiger charge is -2.16. The summed E-state index contributed by atoms with van der Waals surface area (Å²) in [4.78, 5) is 0. The lowest BCUT2D eigenvalue weighted by Crippen LogP contribution is -2.33. The van der Waals surface area contributed by atoms with E-state index in [0.717, 1.165) is 6.92 Å². The zero-order valence-electron chi connectivity index (χ0n) is 6.82. The molecule has 0 aliphatic carbocycles. The number of halogens is 5. The molecule has 80 valence electrons. The van der Waals surface area contributed by atoms with Gasteiger partial charge < -0.3 is 10.3 Å². The molecule has 0 bridgehead atoms. The molecule has 3 nitrogen and oxygen atoms in total. The van der Waals surface area contributed by atoms with Crippen LogP contribution < -0.4 is 5.73 Å². The Kier molecular flexibility index (Phi) is 2.17. The van der Waals surface area contributed by atoms with Crippen molar-refractivity contribution in [3.05, 3.63) is 11.3 Å². The fraction of sp³-hybridized carbons (Fsp3) is 0.500. The van der Waals surface area contributed by atoms with Crippen LogP contribution in [0, 0.1) is 6.92 Å². The summed E-state index contributed by atoms with van der Waals surface area (Å²) >= 11 is 0. The van der Waals surface area contributed by atoms with Gasteiger partial charge >= 0.3 is 12.1 Å². The number of hydrogen-bond acceptors (Lipinski definition) is 3. The number of hydrogen-bond donors (Lipinski definition) is 1. The molecule has 0 amide bonds. The topological polar surface area (TPSA) is 52.0 Å². The summed E-state index contributed by atoms with van der Waals surface area (Å²) in [6, 6.07) is 0. The molecule has 8 heteroatoms. The van der Waals surface area contributed by atoms with Crippen LogP contribution in [0.4, 0.5) is 27.8 Å². The van der Waals surface area contributed by atoms with Crippen LogP contribution in [0.15, 0.2) is 4.52 Å². The predicted molar refractivity (Wildman–Crippen MR) is 35.6 cm³/mol. The van der Waals surface area contributed by atoms with Crippen molar-refractivity contribution in [2.45, 2.75) is 19.0 Å². The lowest BCUT2D eigenvalue weighted by molar-refractivity contribution is -0.296. The van der Waals surface area contributed by atoms with Gasteiger partial charge in [-0.1, -0.05) is 5.16 Å². The van der Waals surface area contributed by atoms with E-state index in [1.165, 1.54) is 0 Å². The predicted octanol–water partition coefficient (Wildman–Crippen LogP) is 2.22. The molecule has 14 heavy (non-hydrogen) atoms. The average Bonchev–Trinajstić information content (AvgIpc) is 2.30.